The van der Waals surface area contributed by atoms with Crippen LogP contribution >= 0.6 is 0 Å². The summed E-state index contributed by atoms with van der Waals surface area (Å²) >= 11 is 0. The number of amides is 1. The van der Waals surface area contributed by atoms with Crippen LogP contribution < -0.4 is 10.6 Å². The highest BCUT2D eigenvalue weighted by atomic mass is 19.1. The standard InChI is InChI=1S/C17H18F3N5O/c1-9-12(19)3-15(25-9)17(26)24-5-10-2-14(21-8-13(10)20)11-6-22-16(4-18)23-7-11/h2,6-9,12,15,25H,3-5H2,1H3,(H,24,26)/t9-,12+,15-/m0/s1. The van der Waals surface area contributed by atoms with Gasteiger partial charge in [-0.15, -0.1) is 0 Å². The van der Waals surface area contributed by atoms with E-state index in [0.29, 0.717) is 11.3 Å². The third-order valence-electron chi connectivity index (χ3n) is 4.29. The molecule has 1 amide bonds. The molecule has 0 spiro atoms. The first-order valence-corrected chi connectivity index (χ1v) is 8.17. The summed E-state index contributed by atoms with van der Waals surface area (Å²) < 4.78 is 40.0. The van der Waals surface area contributed by atoms with Crippen molar-refractivity contribution in [3.63, 3.8) is 0 Å². The van der Waals surface area contributed by atoms with E-state index in [0.717, 1.165) is 6.20 Å². The van der Waals surface area contributed by atoms with Crippen molar-refractivity contribution >= 4 is 5.91 Å². The quantitative estimate of drug-likeness (QED) is 0.845. The second kappa shape index (κ2) is 7.77. The number of alkyl halides is 2. The average Bonchev–Trinajstić information content (AvgIpc) is 3.00. The van der Waals surface area contributed by atoms with Crippen molar-refractivity contribution in [3.8, 4) is 11.3 Å². The maximum absolute atomic E-state index is 14.0. The molecule has 3 heterocycles. The van der Waals surface area contributed by atoms with Crippen molar-refractivity contribution in [1.82, 2.24) is 25.6 Å². The Balaban J connectivity index is 1.69. The normalized spacial score (nSPS) is 22.4. The Morgan fingerprint density at radius 3 is 2.65 bits per heavy atom. The van der Waals surface area contributed by atoms with Crippen LogP contribution in [0.4, 0.5) is 13.2 Å². The molecule has 138 valence electrons. The molecule has 9 heteroatoms. The topological polar surface area (TPSA) is 79.8 Å². The predicted molar refractivity (Wildman–Crippen MR) is 87.8 cm³/mol. The van der Waals surface area contributed by atoms with Gasteiger partial charge in [-0.05, 0) is 13.0 Å². The molecule has 1 aliphatic heterocycles. The highest BCUT2D eigenvalue weighted by molar-refractivity contribution is 5.82. The van der Waals surface area contributed by atoms with Gasteiger partial charge in [0.1, 0.15) is 18.7 Å². The Morgan fingerprint density at radius 2 is 2.04 bits per heavy atom. The Bertz CT molecular complexity index is 776. The van der Waals surface area contributed by atoms with E-state index in [1.54, 1.807) is 6.92 Å². The molecule has 1 fully saturated rings. The molecule has 3 atom stereocenters. The lowest BCUT2D eigenvalue weighted by Crippen LogP contribution is -2.42. The van der Waals surface area contributed by atoms with Gasteiger partial charge in [-0.2, -0.15) is 0 Å². The van der Waals surface area contributed by atoms with E-state index in [-0.39, 0.29) is 36.3 Å². The van der Waals surface area contributed by atoms with E-state index in [9.17, 15) is 18.0 Å². The number of halogens is 3. The lowest BCUT2D eigenvalue weighted by atomic mass is 10.1. The minimum atomic E-state index is -1.08. The fraction of sp³-hybridized carbons (Fsp3) is 0.412. The number of hydrogen-bond acceptors (Lipinski definition) is 5. The maximum atomic E-state index is 14.0. The fourth-order valence-electron chi connectivity index (χ4n) is 2.74. The third-order valence-corrected chi connectivity index (χ3v) is 4.29. The van der Waals surface area contributed by atoms with Crippen molar-refractivity contribution in [1.29, 1.82) is 0 Å². The van der Waals surface area contributed by atoms with Gasteiger partial charge in [0.15, 0.2) is 5.82 Å². The molecule has 0 unspecified atom stereocenters. The van der Waals surface area contributed by atoms with Crippen molar-refractivity contribution in [2.45, 2.75) is 44.8 Å². The maximum Gasteiger partial charge on any atom is 0.237 e. The summed E-state index contributed by atoms with van der Waals surface area (Å²) in [5.74, 6) is -0.912. The average molecular weight is 365 g/mol. The Morgan fingerprint density at radius 1 is 1.31 bits per heavy atom. The number of carbonyl (C=O) groups excluding carboxylic acids is 1. The molecular formula is C17H18F3N5O. The van der Waals surface area contributed by atoms with E-state index >= 15 is 0 Å². The molecule has 6 nitrogen and oxygen atoms in total. The smallest absolute Gasteiger partial charge is 0.237 e. The van der Waals surface area contributed by atoms with Crippen LogP contribution in [0.25, 0.3) is 11.3 Å². The van der Waals surface area contributed by atoms with E-state index in [1.165, 1.54) is 18.5 Å². The van der Waals surface area contributed by atoms with Crippen molar-refractivity contribution in [3.05, 3.63) is 41.9 Å². The molecular weight excluding hydrogens is 347 g/mol. The molecule has 2 aromatic heterocycles. The molecule has 1 saturated heterocycles. The molecule has 0 aliphatic carbocycles. The zero-order valence-corrected chi connectivity index (χ0v) is 14.0. The Kier molecular flexibility index (Phi) is 5.46. The van der Waals surface area contributed by atoms with E-state index < -0.39 is 24.7 Å². The molecule has 1 aliphatic rings. The first kappa shape index (κ1) is 18.2. The molecule has 0 radical (unpaired) electrons. The third kappa shape index (κ3) is 3.98. The van der Waals surface area contributed by atoms with Crippen LogP contribution in [-0.2, 0) is 18.0 Å². The van der Waals surface area contributed by atoms with Gasteiger partial charge in [0, 0.05) is 42.5 Å². The summed E-state index contributed by atoms with van der Waals surface area (Å²) in [6.45, 7) is 0.831. The zero-order chi connectivity index (χ0) is 18.7. The molecule has 26 heavy (non-hydrogen) atoms. The van der Waals surface area contributed by atoms with Crippen LogP contribution in [-0.4, -0.2) is 39.1 Å². The van der Waals surface area contributed by atoms with Crippen LogP contribution in [0.3, 0.4) is 0 Å². The number of nitrogens with one attached hydrogen (secondary N) is 2. The summed E-state index contributed by atoms with van der Waals surface area (Å²) in [5.41, 5.74) is 1.12. The highest BCUT2D eigenvalue weighted by Crippen LogP contribution is 2.19. The SMILES string of the molecule is C[C@@H]1N[C@H](C(=O)NCc2cc(-c3cnc(CF)nc3)ncc2F)C[C@H]1F. The molecule has 0 aromatic carbocycles. The van der Waals surface area contributed by atoms with Gasteiger partial charge in [0.25, 0.3) is 0 Å². The number of carbonyl (C=O) groups is 1. The van der Waals surface area contributed by atoms with Crippen LogP contribution in [0.1, 0.15) is 24.7 Å². The Hall–Kier alpha value is -2.55. The number of nitrogens with zero attached hydrogens (tertiary/aromatic N) is 3. The van der Waals surface area contributed by atoms with Crippen LogP contribution in [0.2, 0.25) is 0 Å². The van der Waals surface area contributed by atoms with Crippen LogP contribution in [0.5, 0.6) is 0 Å². The van der Waals surface area contributed by atoms with Gasteiger partial charge in [0.2, 0.25) is 5.91 Å². The summed E-state index contributed by atoms with van der Waals surface area (Å²) in [4.78, 5) is 23.7. The lowest BCUT2D eigenvalue weighted by Gasteiger charge is -2.12. The van der Waals surface area contributed by atoms with Gasteiger partial charge in [-0.25, -0.2) is 23.1 Å². The van der Waals surface area contributed by atoms with Gasteiger partial charge < -0.3 is 10.6 Å². The molecule has 0 saturated carbocycles. The van der Waals surface area contributed by atoms with Crippen LogP contribution in [0.15, 0.2) is 24.7 Å². The summed E-state index contributed by atoms with van der Waals surface area (Å²) in [5, 5.41) is 5.47. The summed E-state index contributed by atoms with van der Waals surface area (Å²) in [6, 6.07) is 0.444. The molecule has 2 N–H and O–H groups in total. The number of pyridine rings is 1. The fourth-order valence-corrected chi connectivity index (χ4v) is 2.74. The van der Waals surface area contributed by atoms with Gasteiger partial charge in [-0.3, -0.25) is 9.78 Å². The predicted octanol–water partition coefficient (Wildman–Crippen LogP) is 1.85. The van der Waals surface area contributed by atoms with E-state index in [2.05, 4.69) is 25.6 Å². The number of hydrogen-bond donors (Lipinski definition) is 2. The van der Waals surface area contributed by atoms with Crippen molar-refractivity contribution < 1.29 is 18.0 Å². The lowest BCUT2D eigenvalue weighted by molar-refractivity contribution is -0.123. The highest BCUT2D eigenvalue weighted by Gasteiger charge is 2.34. The minimum Gasteiger partial charge on any atom is -0.351 e. The molecule has 2 aromatic rings. The van der Waals surface area contributed by atoms with Gasteiger partial charge in [-0.1, -0.05) is 0 Å². The molecule has 3 rings (SSSR count). The number of aromatic nitrogens is 3. The van der Waals surface area contributed by atoms with Crippen LogP contribution in [0, 0.1) is 5.82 Å². The van der Waals surface area contributed by atoms with Crippen molar-refractivity contribution in [2.75, 3.05) is 0 Å². The first-order chi connectivity index (χ1) is 12.5. The summed E-state index contributed by atoms with van der Waals surface area (Å²) in [7, 11) is 0. The molecule has 0 bridgehead atoms. The van der Waals surface area contributed by atoms with Crippen molar-refractivity contribution in [2.24, 2.45) is 0 Å². The number of rotatable bonds is 5. The Labute approximate surface area is 148 Å². The second-order valence-electron chi connectivity index (χ2n) is 6.16. The van der Waals surface area contributed by atoms with Gasteiger partial charge in [0.05, 0.1) is 17.9 Å². The van der Waals surface area contributed by atoms with E-state index in [1.807, 2.05) is 0 Å². The van der Waals surface area contributed by atoms with Gasteiger partial charge >= 0.3 is 0 Å². The monoisotopic (exact) mass is 365 g/mol. The van der Waals surface area contributed by atoms with E-state index in [4.69, 9.17) is 0 Å². The first-order valence-electron chi connectivity index (χ1n) is 8.17. The summed E-state index contributed by atoms with van der Waals surface area (Å²) in [6.07, 6.45) is 2.84. The largest absolute Gasteiger partial charge is 0.351 e. The minimum absolute atomic E-state index is 0.0489. The second-order valence-corrected chi connectivity index (χ2v) is 6.16. The zero-order valence-electron chi connectivity index (χ0n) is 14.0.